The Morgan fingerprint density at radius 2 is 2.14 bits per heavy atom. The smallest absolute Gasteiger partial charge is 0.225 e. The molecule has 1 aliphatic heterocycles. The van der Waals surface area contributed by atoms with Crippen LogP contribution in [0.2, 0.25) is 0 Å². The quantitative estimate of drug-likeness (QED) is 0.593. The Bertz CT molecular complexity index is 870. The Morgan fingerprint density at radius 3 is 2.72 bits per heavy atom. The van der Waals surface area contributed by atoms with Gasteiger partial charge in [0.15, 0.2) is 11.8 Å². The second kappa shape index (κ2) is 9.07. The maximum Gasteiger partial charge on any atom is 0.225 e. The molecule has 3 rings (SSSR count). The molecule has 2 aromatic heterocycles. The van der Waals surface area contributed by atoms with Crippen molar-refractivity contribution in [3.8, 4) is 5.82 Å². The van der Waals surface area contributed by atoms with E-state index in [1.54, 1.807) is 7.05 Å². The Kier molecular flexibility index (Phi) is 6.51. The number of aromatic nitrogens is 3. The van der Waals surface area contributed by atoms with Crippen LogP contribution in [0.5, 0.6) is 0 Å². The molecule has 0 aliphatic carbocycles. The van der Waals surface area contributed by atoms with Gasteiger partial charge in [-0.1, -0.05) is 19.9 Å². The van der Waals surface area contributed by atoms with Gasteiger partial charge in [0.25, 0.3) is 0 Å². The molecule has 0 aromatic carbocycles. The molecule has 8 heteroatoms. The Hall–Kier alpha value is -2.90. The second-order valence-electron chi connectivity index (χ2n) is 7.86. The average molecular weight is 398 g/mol. The number of hydrogen-bond donors (Lipinski definition) is 2. The van der Waals surface area contributed by atoms with E-state index in [9.17, 15) is 4.79 Å². The van der Waals surface area contributed by atoms with E-state index in [-0.39, 0.29) is 17.9 Å². The molecule has 1 atom stereocenters. The summed E-state index contributed by atoms with van der Waals surface area (Å²) in [6.45, 7) is 10.0. The fourth-order valence-corrected chi connectivity index (χ4v) is 3.52. The van der Waals surface area contributed by atoms with Gasteiger partial charge in [0.1, 0.15) is 0 Å². The molecule has 8 nitrogen and oxygen atoms in total. The van der Waals surface area contributed by atoms with Gasteiger partial charge in [0.05, 0.1) is 5.69 Å². The number of aryl methyl sites for hydroxylation is 2. The summed E-state index contributed by atoms with van der Waals surface area (Å²) in [5.74, 6) is 1.79. The highest BCUT2D eigenvalue weighted by molar-refractivity contribution is 5.81. The number of likely N-dealkylation sites (tertiary alicyclic amines) is 1. The first-order valence-electron chi connectivity index (χ1n) is 10.1. The number of nitrogens with zero attached hydrogens (tertiary/aromatic N) is 5. The lowest BCUT2D eigenvalue weighted by Gasteiger charge is -2.20. The van der Waals surface area contributed by atoms with Crippen molar-refractivity contribution < 1.29 is 4.79 Å². The van der Waals surface area contributed by atoms with E-state index >= 15 is 0 Å². The summed E-state index contributed by atoms with van der Waals surface area (Å²) in [7, 11) is 1.76. The van der Waals surface area contributed by atoms with Gasteiger partial charge in [-0.25, -0.2) is 9.67 Å². The molecule has 2 N–H and O–H groups in total. The summed E-state index contributed by atoms with van der Waals surface area (Å²) in [5.41, 5.74) is 3.10. The van der Waals surface area contributed by atoms with Crippen LogP contribution < -0.4 is 10.6 Å². The van der Waals surface area contributed by atoms with Gasteiger partial charge in [-0.2, -0.15) is 5.10 Å². The molecular formula is C21H31N7O. The largest absolute Gasteiger partial charge is 0.352 e. The molecule has 156 valence electrons. The lowest BCUT2D eigenvalue weighted by atomic mass is 10.2. The van der Waals surface area contributed by atoms with Crippen LogP contribution in [0.4, 0.5) is 0 Å². The van der Waals surface area contributed by atoms with E-state index in [4.69, 9.17) is 0 Å². The number of aliphatic imine (C=N–C) groups is 1. The van der Waals surface area contributed by atoms with Crippen LogP contribution in [0.1, 0.15) is 37.2 Å². The summed E-state index contributed by atoms with van der Waals surface area (Å²) in [4.78, 5) is 22.9. The molecule has 29 heavy (non-hydrogen) atoms. The highest BCUT2D eigenvalue weighted by atomic mass is 16.2. The predicted molar refractivity (Wildman–Crippen MR) is 114 cm³/mol. The highest BCUT2D eigenvalue weighted by Crippen LogP contribution is 2.13. The number of nitrogens with one attached hydrogen (secondary N) is 2. The zero-order chi connectivity index (χ0) is 21.0. The van der Waals surface area contributed by atoms with Crippen LogP contribution in [0.25, 0.3) is 5.82 Å². The zero-order valence-corrected chi connectivity index (χ0v) is 17.9. The van der Waals surface area contributed by atoms with Gasteiger partial charge in [-0.15, -0.1) is 0 Å². The van der Waals surface area contributed by atoms with Crippen molar-refractivity contribution in [2.45, 2.75) is 46.7 Å². The molecule has 1 amide bonds. The van der Waals surface area contributed by atoms with Crippen molar-refractivity contribution in [1.82, 2.24) is 30.3 Å². The third-order valence-electron chi connectivity index (χ3n) is 5.05. The fourth-order valence-electron chi connectivity index (χ4n) is 3.52. The molecule has 0 bridgehead atoms. The fraction of sp³-hybridized carbons (Fsp3) is 0.524. The van der Waals surface area contributed by atoms with Crippen molar-refractivity contribution >= 4 is 11.9 Å². The maximum atomic E-state index is 12.1. The molecule has 0 saturated carbocycles. The summed E-state index contributed by atoms with van der Waals surface area (Å²) in [6, 6.07) is 6.26. The lowest BCUT2D eigenvalue weighted by molar-refractivity contribution is -0.133. The minimum atomic E-state index is 0.0381. The molecule has 2 aromatic rings. The summed E-state index contributed by atoms with van der Waals surface area (Å²) in [6.07, 6.45) is 2.78. The number of amides is 1. The minimum Gasteiger partial charge on any atom is -0.352 e. The Labute approximate surface area is 172 Å². The standard InChI is InChI=1S/C21H31N7O/c1-14(2)20(29)27-9-8-18(13-27)25-21(22-5)24-12-17-6-7-19(23-11-17)28-16(4)10-15(3)26-28/h6-7,10-11,14,18H,8-9,12-13H2,1-5H3,(H2,22,24,25). The van der Waals surface area contributed by atoms with Crippen LogP contribution in [-0.2, 0) is 11.3 Å². The maximum absolute atomic E-state index is 12.1. The minimum absolute atomic E-state index is 0.0381. The van der Waals surface area contributed by atoms with Crippen LogP contribution in [0.3, 0.4) is 0 Å². The Balaban J connectivity index is 1.52. The first-order chi connectivity index (χ1) is 13.9. The van der Waals surface area contributed by atoms with E-state index in [0.29, 0.717) is 6.54 Å². The first-order valence-corrected chi connectivity index (χ1v) is 10.1. The molecule has 0 spiro atoms. The first kappa shape index (κ1) is 20.8. The monoisotopic (exact) mass is 397 g/mol. The van der Waals surface area contributed by atoms with Crippen molar-refractivity contribution in [3.05, 3.63) is 41.3 Å². The third kappa shape index (κ3) is 5.13. The normalized spacial score (nSPS) is 17.1. The molecule has 1 saturated heterocycles. The number of pyridine rings is 1. The molecule has 1 aliphatic rings. The van der Waals surface area contributed by atoms with E-state index in [1.807, 2.05) is 61.7 Å². The van der Waals surface area contributed by atoms with Crippen LogP contribution >= 0.6 is 0 Å². The van der Waals surface area contributed by atoms with Crippen molar-refractivity contribution in [2.24, 2.45) is 10.9 Å². The summed E-state index contributed by atoms with van der Waals surface area (Å²) in [5, 5.41) is 11.2. The van der Waals surface area contributed by atoms with Gasteiger partial charge < -0.3 is 15.5 Å². The average Bonchev–Trinajstić information content (AvgIpc) is 3.30. The van der Waals surface area contributed by atoms with Gasteiger partial charge in [-0.3, -0.25) is 9.79 Å². The number of guanidine groups is 1. The number of hydrogen-bond acceptors (Lipinski definition) is 4. The molecule has 1 unspecified atom stereocenters. The van der Waals surface area contributed by atoms with E-state index in [0.717, 1.165) is 48.2 Å². The number of carbonyl (C=O) groups excluding carboxylic acids is 1. The highest BCUT2D eigenvalue weighted by Gasteiger charge is 2.27. The van der Waals surface area contributed by atoms with E-state index < -0.39 is 0 Å². The molecule has 1 fully saturated rings. The van der Waals surface area contributed by atoms with Crippen LogP contribution in [0.15, 0.2) is 29.4 Å². The molecule has 0 radical (unpaired) electrons. The van der Waals surface area contributed by atoms with Gasteiger partial charge >= 0.3 is 0 Å². The molecule has 3 heterocycles. The predicted octanol–water partition coefficient (Wildman–Crippen LogP) is 1.81. The van der Waals surface area contributed by atoms with Gasteiger partial charge in [0, 0.05) is 50.5 Å². The van der Waals surface area contributed by atoms with Crippen LogP contribution in [-0.4, -0.2) is 57.7 Å². The summed E-state index contributed by atoms with van der Waals surface area (Å²) >= 11 is 0. The van der Waals surface area contributed by atoms with Crippen molar-refractivity contribution in [3.63, 3.8) is 0 Å². The number of carbonyl (C=O) groups is 1. The lowest BCUT2D eigenvalue weighted by Crippen LogP contribution is -2.45. The zero-order valence-electron chi connectivity index (χ0n) is 17.9. The van der Waals surface area contributed by atoms with Crippen molar-refractivity contribution in [2.75, 3.05) is 20.1 Å². The third-order valence-corrected chi connectivity index (χ3v) is 5.05. The van der Waals surface area contributed by atoms with Gasteiger partial charge in [-0.05, 0) is 38.0 Å². The topological polar surface area (TPSA) is 87.4 Å². The van der Waals surface area contributed by atoms with Gasteiger partial charge in [0.2, 0.25) is 5.91 Å². The van der Waals surface area contributed by atoms with Crippen LogP contribution in [0, 0.1) is 19.8 Å². The summed E-state index contributed by atoms with van der Waals surface area (Å²) < 4.78 is 1.84. The Morgan fingerprint density at radius 1 is 1.34 bits per heavy atom. The van der Waals surface area contributed by atoms with E-state index in [2.05, 4.69) is 25.7 Å². The molecular weight excluding hydrogens is 366 g/mol. The van der Waals surface area contributed by atoms with Crippen molar-refractivity contribution in [1.29, 1.82) is 0 Å². The SMILES string of the molecule is CN=C(NCc1ccc(-n2nc(C)cc2C)nc1)NC1CCN(C(=O)C(C)C)C1. The van der Waals surface area contributed by atoms with E-state index in [1.165, 1.54) is 0 Å². The second-order valence-corrected chi connectivity index (χ2v) is 7.86. The number of rotatable bonds is 5.